The maximum absolute atomic E-state index is 12.3. The minimum absolute atomic E-state index is 0.000509. The molecule has 2 amide bonds. The Labute approximate surface area is 158 Å². The summed E-state index contributed by atoms with van der Waals surface area (Å²) in [6, 6.07) is 0. The van der Waals surface area contributed by atoms with Gasteiger partial charge >= 0.3 is 0 Å². The summed E-state index contributed by atoms with van der Waals surface area (Å²) in [5.41, 5.74) is 7.10. The molecule has 1 fully saturated rings. The van der Waals surface area contributed by atoms with E-state index in [0.717, 1.165) is 50.5 Å². The Morgan fingerprint density at radius 2 is 1.88 bits per heavy atom. The molecule has 1 aromatic rings. The van der Waals surface area contributed by atoms with Crippen molar-refractivity contribution in [3.8, 4) is 0 Å². The second-order valence-corrected chi connectivity index (χ2v) is 8.52. The predicted molar refractivity (Wildman–Crippen MR) is 102 cm³/mol. The lowest BCUT2D eigenvalue weighted by Gasteiger charge is -2.27. The van der Waals surface area contributed by atoms with Crippen LogP contribution in [0.5, 0.6) is 0 Å². The highest BCUT2D eigenvalue weighted by Gasteiger charge is 2.27. The topological polar surface area (TPSA) is 90.7 Å². The summed E-state index contributed by atoms with van der Waals surface area (Å²) in [6.07, 6.45) is 6.98. The van der Waals surface area contributed by atoms with Crippen LogP contribution in [0.3, 0.4) is 0 Å². The van der Waals surface area contributed by atoms with Gasteiger partial charge in [-0.05, 0) is 56.4 Å². The van der Waals surface area contributed by atoms with Crippen molar-refractivity contribution in [2.75, 3.05) is 19.0 Å². The number of primary amides is 1. The van der Waals surface area contributed by atoms with E-state index in [4.69, 9.17) is 15.2 Å². The van der Waals surface area contributed by atoms with E-state index in [0.29, 0.717) is 22.6 Å². The number of ether oxygens (including phenoxy) is 2. The Morgan fingerprint density at radius 3 is 2.54 bits per heavy atom. The van der Waals surface area contributed by atoms with Crippen LogP contribution >= 0.6 is 11.3 Å². The largest absolute Gasteiger partial charge is 0.381 e. The number of fused-ring (bicyclic) bond motifs is 1. The van der Waals surface area contributed by atoms with Gasteiger partial charge in [0.15, 0.2) is 0 Å². The smallest absolute Gasteiger partial charge is 0.251 e. The minimum Gasteiger partial charge on any atom is -0.381 e. The van der Waals surface area contributed by atoms with Gasteiger partial charge in [-0.25, -0.2) is 0 Å². The quantitative estimate of drug-likeness (QED) is 0.794. The van der Waals surface area contributed by atoms with Crippen LogP contribution in [-0.4, -0.2) is 37.7 Å². The molecule has 144 valence electrons. The number of hydrogen-bond acceptors (Lipinski definition) is 5. The van der Waals surface area contributed by atoms with Gasteiger partial charge in [-0.3, -0.25) is 9.59 Å². The van der Waals surface area contributed by atoms with Crippen molar-refractivity contribution in [3.05, 3.63) is 16.0 Å². The summed E-state index contributed by atoms with van der Waals surface area (Å²) in [4.78, 5) is 25.4. The molecule has 0 aromatic carbocycles. The van der Waals surface area contributed by atoms with Gasteiger partial charge in [0, 0.05) is 12.0 Å². The zero-order chi connectivity index (χ0) is 18.7. The van der Waals surface area contributed by atoms with Gasteiger partial charge in [-0.15, -0.1) is 11.3 Å². The first kappa shape index (κ1) is 19.3. The molecule has 1 heterocycles. The third kappa shape index (κ3) is 4.45. The molecular weight excluding hydrogens is 352 g/mol. The summed E-state index contributed by atoms with van der Waals surface area (Å²) >= 11 is 1.48. The van der Waals surface area contributed by atoms with Crippen LogP contribution in [0.15, 0.2) is 0 Å². The van der Waals surface area contributed by atoms with E-state index in [1.807, 2.05) is 0 Å². The summed E-state index contributed by atoms with van der Waals surface area (Å²) in [5.74, 6) is -0.102. The SMILES string of the molecule is COC1CCC(OCC(=O)Nc2sc3c(c2C(N)=O)CCC(C)C3)CC1. The highest BCUT2D eigenvalue weighted by atomic mass is 32.1. The molecule has 0 saturated heterocycles. The first-order valence-corrected chi connectivity index (χ1v) is 10.2. The summed E-state index contributed by atoms with van der Waals surface area (Å²) in [5, 5.41) is 3.43. The monoisotopic (exact) mass is 380 g/mol. The van der Waals surface area contributed by atoms with E-state index in [-0.39, 0.29) is 18.6 Å². The third-order valence-corrected chi connectivity index (χ3v) is 6.59. The number of nitrogens with one attached hydrogen (secondary N) is 1. The predicted octanol–water partition coefficient (Wildman–Crippen LogP) is 2.88. The minimum atomic E-state index is -0.467. The summed E-state index contributed by atoms with van der Waals surface area (Å²) in [7, 11) is 1.73. The number of hydrogen-bond donors (Lipinski definition) is 2. The van der Waals surface area contributed by atoms with Crippen LogP contribution in [0.4, 0.5) is 5.00 Å². The number of nitrogens with two attached hydrogens (primary N) is 1. The van der Waals surface area contributed by atoms with E-state index < -0.39 is 5.91 Å². The lowest BCUT2D eigenvalue weighted by molar-refractivity contribution is -0.123. The van der Waals surface area contributed by atoms with Crippen molar-refractivity contribution in [2.45, 2.75) is 64.1 Å². The fraction of sp³-hybridized carbons (Fsp3) is 0.684. The lowest BCUT2D eigenvalue weighted by Crippen LogP contribution is -2.29. The van der Waals surface area contributed by atoms with E-state index in [2.05, 4.69) is 12.2 Å². The van der Waals surface area contributed by atoms with Crippen LogP contribution in [-0.2, 0) is 27.1 Å². The van der Waals surface area contributed by atoms with Crippen molar-refractivity contribution in [3.63, 3.8) is 0 Å². The number of carbonyl (C=O) groups is 2. The van der Waals surface area contributed by atoms with Crippen molar-refractivity contribution in [1.29, 1.82) is 0 Å². The Bertz CT molecular complexity index is 665. The number of carbonyl (C=O) groups excluding carboxylic acids is 2. The Kier molecular flexibility index (Phi) is 6.32. The highest BCUT2D eigenvalue weighted by molar-refractivity contribution is 7.17. The molecule has 6 nitrogen and oxygen atoms in total. The van der Waals surface area contributed by atoms with E-state index in [9.17, 15) is 9.59 Å². The van der Waals surface area contributed by atoms with Crippen molar-refractivity contribution in [1.82, 2.24) is 0 Å². The number of rotatable bonds is 6. The molecular formula is C19H28N2O4S. The molecule has 1 aromatic heterocycles. The molecule has 0 bridgehead atoms. The van der Waals surface area contributed by atoms with Gasteiger partial charge in [-0.1, -0.05) is 6.92 Å². The lowest BCUT2D eigenvalue weighted by atomic mass is 9.88. The second kappa shape index (κ2) is 8.50. The molecule has 1 atom stereocenters. The number of amides is 2. The standard InChI is InChI=1S/C19H28N2O4S/c1-11-3-8-14-15(9-11)26-19(17(14)18(20)23)21-16(22)10-25-13-6-4-12(24-2)5-7-13/h11-13H,3-10H2,1-2H3,(H2,20,23)(H,21,22). The second-order valence-electron chi connectivity index (χ2n) is 7.41. The molecule has 2 aliphatic carbocycles. The normalized spacial score (nSPS) is 25.5. The zero-order valence-electron chi connectivity index (χ0n) is 15.5. The average Bonchev–Trinajstić information content (AvgIpc) is 2.97. The Morgan fingerprint density at radius 1 is 1.19 bits per heavy atom. The number of thiophene rings is 1. The van der Waals surface area contributed by atoms with Crippen LogP contribution in [0.25, 0.3) is 0 Å². The van der Waals surface area contributed by atoms with E-state index >= 15 is 0 Å². The molecule has 2 aliphatic rings. The Balaban J connectivity index is 1.58. The van der Waals surface area contributed by atoms with Gasteiger partial charge in [0.1, 0.15) is 11.6 Å². The maximum atomic E-state index is 12.3. The molecule has 1 unspecified atom stereocenters. The molecule has 0 aliphatic heterocycles. The fourth-order valence-corrected chi connectivity index (χ4v) is 5.32. The molecule has 1 saturated carbocycles. The zero-order valence-corrected chi connectivity index (χ0v) is 16.3. The van der Waals surface area contributed by atoms with Crippen molar-refractivity contribution in [2.24, 2.45) is 11.7 Å². The van der Waals surface area contributed by atoms with Gasteiger partial charge in [0.2, 0.25) is 0 Å². The summed E-state index contributed by atoms with van der Waals surface area (Å²) < 4.78 is 11.1. The molecule has 7 heteroatoms. The molecule has 26 heavy (non-hydrogen) atoms. The average molecular weight is 381 g/mol. The first-order valence-electron chi connectivity index (χ1n) is 9.36. The van der Waals surface area contributed by atoms with Crippen LogP contribution < -0.4 is 11.1 Å². The van der Waals surface area contributed by atoms with Crippen molar-refractivity contribution >= 4 is 28.2 Å². The molecule has 3 N–H and O–H groups in total. The Hall–Kier alpha value is -1.44. The van der Waals surface area contributed by atoms with E-state index in [1.54, 1.807) is 7.11 Å². The van der Waals surface area contributed by atoms with Crippen LogP contribution in [0.2, 0.25) is 0 Å². The molecule has 0 spiro atoms. The molecule has 3 rings (SSSR count). The third-order valence-electron chi connectivity index (χ3n) is 5.42. The molecule has 0 radical (unpaired) electrons. The number of methoxy groups -OCH3 is 1. The van der Waals surface area contributed by atoms with Crippen LogP contribution in [0.1, 0.15) is 59.8 Å². The van der Waals surface area contributed by atoms with Gasteiger partial charge in [0.05, 0.1) is 17.8 Å². The van der Waals surface area contributed by atoms with E-state index in [1.165, 1.54) is 16.2 Å². The van der Waals surface area contributed by atoms with Gasteiger partial charge in [-0.2, -0.15) is 0 Å². The van der Waals surface area contributed by atoms with Crippen molar-refractivity contribution < 1.29 is 19.1 Å². The first-order chi connectivity index (χ1) is 12.5. The summed E-state index contributed by atoms with van der Waals surface area (Å²) in [6.45, 7) is 2.20. The van der Waals surface area contributed by atoms with Crippen LogP contribution in [0, 0.1) is 5.92 Å². The number of anilines is 1. The van der Waals surface area contributed by atoms with Gasteiger partial charge in [0.25, 0.3) is 11.8 Å². The van der Waals surface area contributed by atoms with Gasteiger partial charge < -0.3 is 20.5 Å². The highest BCUT2D eigenvalue weighted by Crippen LogP contribution is 2.39. The maximum Gasteiger partial charge on any atom is 0.251 e. The fourth-order valence-electron chi connectivity index (χ4n) is 3.89.